The molecule has 0 spiro atoms. The fourth-order valence-corrected chi connectivity index (χ4v) is 7.01. The molecule has 1 amide bonds. The van der Waals surface area contributed by atoms with Gasteiger partial charge in [-0.1, -0.05) is 74.2 Å². The molecule has 5 nitrogen and oxygen atoms in total. The van der Waals surface area contributed by atoms with E-state index in [-0.39, 0.29) is 12.0 Å². The fourth-order valence-electron chi connectivity index (χ4n) is 7.01. The molecule has 1 saturated carbocycles. The molecule has 1 atom stereocenters. The van der Waals surface area contributed by atoms with Crippen molar-refractivity contribution < 1.29 is 14.3 Å². The molecule has 3 aromatic rings. The number of nitrogens with zero attached hydrogens (tertiary/aromatic N) is 2. The lowest BCUT2D eigenvalue weighted by Crippen LogP contribution is -2.44. The van der Waals surface area contributed by atoms with Crippen molar-refractivity contribution in [2.45, 2.75) is 76.9 Å². The van der Waals surface area contributed by atoms with Crippen molar-refractivity contribution >= 4 is 5.91 Å². The number of rotatable bonds is 10. The molecule has 2 aliphatic heterocycles. The summed E-state index contributed by atoms with van der Waals surface area (Å²) in [5.74, 6) is 2.35. The summed E-state index contributed by atoms with van der Waals surface area (Å²) < 4.78 is 12.3. The van der Waals surface area contributed by atoms with Crippen LogP contribution in [0.25, 0.3) is 0 Å². The maximum absolute atomic E-state index is 13.9. The molecule has 2 heterocycles. The Kier molecular flexibility index (Phi) is 9.76. The van der Waals surface area contributed by atoms with Crippen LogP contribution >= 0.6 is 0 Å². The first-order valence-corrected chi connectivity index (χ1v) is 16.3. The molecule has 3 aromatic carbocycles. The molecule has 2 fully saturated rings. The molecule has 5 heteroatoms. The average Bonchev–Trinajstić information content (AvgIpc) is 3.05. The van der Waals surface area contributed by atoms with Crippen molar-refractivity contribution in [1.29, 1.82) is 0 Å². The van der Waals surface area contributed by atoms with Crippen molar-refractivity contribution in [3.05, 3.63) is 95.1 Å². The second-order valence-corrected chi connectivity index (χ2v) is 12.4. The minimum atomic E-state index is 0.0391. The standard InChI is InChI=1S/C37H46N2O3/c40-37(31-12-6-2-7-13-31)39-23-20-32-27-34(42-28-30-10-4-1-5-11-30)18-19-35(32)36(39)26-29-14-16-33(17-15-29)41-25-24-38-21-8-3-9-22-38/h1,4-5,10-11,14-19,27,31,36H,2-3,6-9,12-13,20-26,28H2. The van der Waals surface area contributed by atoms with E-state index in [0.717, 1.165) is 62.4 Å². The van der Waals surface area contributed by atoms with Crippen LogP contribution in [-0.4, -0.2) is 48.5 Å². The van der Waals surface area contributed by atoms with Crippen LogP contribution < -0.4 is 9.47 Å². The Morgan fingerprint density at radius 3 is 2.26 bits per heavy atom. The number of carbonyl (C=O) groups excluding carboxylic acids is 1. The molecule has 0 radical (unpaired) electrons. The largest absolute Gasteiger partial charge is 0.492 e. The topological polar surface area (TPSA) is 42.0 Å². The number of benzene rings is 3. The molecule has 222 valence electrons. The number of amides is 1. The first-order valence-electron chi connectivity index (χ1n) is 16.3. The third kappa shape index (κ3) is 7.36. The minimum Gasteiger partial charge on any atom is -0.492 e. The van der Waals surface area contributed by atoms with E-state index in [1.165, 1.54) is 68.3 Å². The number of likely N-dealkylation sites (tertiary alicyclic amines) is 1. The van der Waals surface area contributed by atoms with Gasteiger partial charge in [0.1, 0.15) is 24.7 Å². The van der Waals surface area contributed by atoms with E-state index in [1.807, 2.05) is 18.2 Å². The number of hydrogen-bond donors (Lipinski definition) is 0. The highest BCUT2D eigenvalue weighted by molar-refractivity contribution is 5.80. The molecule has 6 rings (SSSR count). The molecular formula is C37H46N2O3. The highest BCUT2D eigenvalue weighted by Crippen LogP contribution is 2.37. The lowest BCUT2D eigenvalue weighted by atomic mass is 9.84. The van der Waals surface area contributed by atoms with Gasteiger partial charge in [0.2, 0.25) is 5.91 Å². The highest BCUT2D eigenvalue weighted by Gasteiger charge is 2.35. The quantitative estimate of drug-likeness (QED) is 0.257. The first-order chi connectivity index (χ1) is 20.7. The van der Waals surface area contributed by atoms with Crippen molar-refractivity contribution in [2.75, 3.05) is 32.8 Å². The molecule has 0 bridgehead atoms. The first kappa shape index (κ1) is 28.8. The van der Waals surface area contributed by atoms with E-state index >= 15 is 0 Å². The summed E-state index contributed by atoms with van der Waals surface area (Å²) in [6.45, 7) is 5.45. The van der Waals surface area contributed by atoms with E-state index in [0.29, 0.717) is 12.5 Å². The maximum Gasteiger partial charge on any atom is 0.226 e. The van der Waals surface area contributed by atoms with Crippen molar-refractivity contribution in [3.63, 3.8) is 0 Å². The summed E-state index contributed by atoms with van der Waals surface area (Å²) in [5.41, 5.74) is 4.97. The van der Waals surface area contributed by atoms with Crippen molar-refractivity contribution in [2.24, 2.45) is 5.92 Å². The lowest BCUT2D eigenvalue weighted by Gasteiger charge is -2.40. The zero-order valence-electron chi connectivity index (χ0n) is 25.0. The maximum atomic E-state index is 13.9. The summed E-state index contributed by atoms with van der Waals surface area (Å²) in [6, 6.07) is 25.4. The Morgan fingerprint density at radius 1 is 0.738 bits per heavy atom. The molecule has 0 aromatic heterocycles. The fraction of sp³-hybridized carbons (Fsp3) is 0.486. The Morgan fingerprint density at radius 2 is 1.48 bits per heavy atom. The smallest absolute Gasteiger partial charge is 0.226 e. The van der Waals surface area contributed by atoms with Crippen LogP contribution in [0.5, 0.6) is 11.5 Å². The summed E-state index contributed by atoms with van der Waals surface area (Å²) in [4.78, 5) is 18.6. The molecule has 1 aliphatic carbocycles. The van der Waals surface area contributed by atoms with Gasteiger partial charge >= 0.3 is 0 Å². The van der Waals surface area contributed by atoms with Crippen LogP contribution in [0, 0.1) is 5.92 Å². The zero-order valence-corrected chi connectivity index (χ0v) is 25.0. The van der Waals surface area contributed by atoms with Crippen LogP contribution in [-0.2, 0) is 24.2 Å². The second kappa shape index (κ2) is 14.2. The monoisotopic (exact) mass is 566 g/mol. The predicted molar refractivity (Wildman–Crippen MR) is 168 cm³/mol. The predicted octanol–water partition coefficient (Wildman–Crippen LogP) is 7.38. The van der Waals surface area contributed by atoms with Gasteiger partial charge in [0.25, 0.3) is 0 Å². The van der Waals surface area contributed by atoms with Gasteiger partial charge in [-0.15, -0.1) is 0 Å². The minimum absolute atomic E-state index is 0.0391. The third-order valence-electron chi connectivity index (χ3n) is 9.43. The molecule has 42 heavy (non-hydrogen) atoms. The molecule has 1 saturated heterocycles. The van der Waals surface area contributed by atoms with Gasteiger partial charge in [0, 0.05) is 19.0 Å². The van der Waals surface area contributed by atoms with E-state index in [2.05, 4.69) is 64.4 Å². The van der Waals surface area contributed by atoms with Crippen molar-refractivity contribution in [1.82, 2.24) is 9.80 Å². The number of hydrogen-bond acceptors (Lipinski definition) is 4. The SMILES string of the molecule is O=C(C1CCCCC1)N1CCc2cc(OCc3ccccc3)ccc2C1Cc1ccc(OCCN2CCCCC2)cc1. The van der Waals surface area contributed by atoms with E-state index < -0.39 is 0 Å². The van der Waals surface area contributed by atoms with Crippen LogP contribution in [0.2, 0.25) is 0 Å². The zero-order chi connectivity index (χ0) is 28.6. The normalized spacial score (nSPS) is 19.7. The van der Waals surface area contributed by atoms with Crippen LogP contribution in [0.1, 0.15) is 79.7 Å². The van der Waals surface area contributed by atoms with Gasteiger partial charge < -0.3 is 14.4 Å². The molecule has 1 unspecified atom stereocenters. The van der Waals surface area contributed by atoms with Gasteiger partial charge in [-0.3, -0.25) is 9.69 Å². The van der Waals surface area contributed by atoms with Gasteiger partial charge in [0.15, 0.2) is 0 Å². The molecule has 0 N–H and O–H groups in total. The molecular weight excluding hydrogens is 520 g/mol. The Bertz CT molecular complexity index is 1280. The average molecular weight is 567 g/mol. The summed E-state index contributed by atoms with van der Waals surface area (Å²) in [6.07, 6.45) is 11.3. The third-order valence-corrected chi connectivity index (χ3v) is 9.43. The Labute approximate surface area is 251 Å². The number of piperidine rings is 1. The van der Waals surface area contributed by atoms with E-state index in [1.54, 1.807) is 0 Å². The van der Waals surface area contributed by atoms with Gasteiger partial charge in [-0.05, 0) is 98.1 Å². The summed E-state index contributed by atoms with van der Waals surface area (Å²) in [5, 5.41) is 0. The summed E-state index contributed by atoms with van der Waals surface area (Å²) in [7, 11) is 0. The van der Waals surface area contributed by atoms with Gasteiger partial charge in [-0.2, -0.15) is 0 Å². The number of carbonyl (C=O) groups is 1. The number of fused-ring (bicyclic) bond motifs is 1. The van der Waals surface area contributed by atoms with Crippen LogP contribution in [0.15, 0.2) is 72.8 Å². The lowest BCUT2D eigenvalue weighted by molar-refractivity contribution is -0.139. The van der Waals surface area contributed by atoms with Crippen LogP contribution in [0.3, 0.4) is 0 Å². The Balaban J connectivity index is 1.15. The molecule has 3 aliphatic rings. The summed E-state index contributed by atoms with van der Waals surface area (Å²) >= 11 is 0. The highest BCUT2D eigenvalue weighted by atomic mass is 16.5. The van der Waals surface area contributed by atoms with Gasteiger partial charge in [0.05, 0.1) is 6.04 Å². The van der Waals surface area contributed by atoms with Gasteiger partial charge in [-0.25, -0.2) is 0 Å². The second-order valence-electron chi connectivity index (χ2n) is 12.4. The van der Waals surface area contributed by atoms with E-state index in [4.69, 9.17) is 9.47 Å². The number of ether oxygens (including phenoxy) is 2. The Hall–Kier alpha value is -3.31. The van der Waals surface area contributed by atoms with Crippen LogP contribution in [0.4, 0.5) is 0 Å². The van der Waals surface area contributed by atoms with Crippen molar-refractivity contribution in [3.8, 4) is 11.5 Å². The van der Waals surface area contributed by atoms with E-state index in [9.17, 15) is 4.79 Å².